The predicted octanol–water partition coefficient (Wildman–Crippen LogP) is 2.34. The first kappa shape index (κ1) is 16.8. The van der Waals surface area contributed by atoms with Crippen LogP contribution >= 0.6 is 0 Å². The molecule has 1 aliphatic carbocycles. The van der Waals surface area contributed by atoms with Crippen LogP contribution in [-0.2, 0) is 4.79 Å². The van der Waals surface area contributed by atoms with E-state index < -0.39 is 0 Å². The molecule has 1 fully saturated rings. The number of hydrogen-bond donors (Lipinski definition) is 2. The van der Waals surface area contributed by atoms with E-state index >= 15 is 0 Å². The molecule has 0 saturated heterocycles. The number of carbonyl (C=O) groups is 1. The minimum atomic E-state index is 0.271. The Kier molecular flexibility index (Phi) is 15.1. The van der Waals surface area contributed by atoms with Crippen molar-refractivity contribution >= 4 is 5.91 Å². The Hall–Kier alpha value is -0.570. The molecule has 0 aliphatic heterocycles. The maximum absolute atomic E-state index is 11.3. The van der Waals surface area contributed by atoms with Crippen LogP contribution in [0.5, 0.6) is 0 Å². The topological polar surface area (TPSA) is 49.3 Å². The Morgan fingerprint density at radius 3 is 2.07 bits per heavy atom. The minimum Gasteiger partial charge on any atom is -0.400 e. The third kappa shape index (κ3) is 8.43. The zero-order valence-corrected chi connectivity index (χ0v) is 10.7. The van der Waals surface area contributed by atoms with Crippen molar-refractivity contribution in [2.45, 2.75) is 52.9 Å². The highest BCUT2D eigenvalue weighted by atomic mass is 16.2. The first-order valence-electron chi connectivity index (χ1n) is 6.07. The van der Waals surface area contributed by atoms with Crippen LogP contribution in [0.25, 0.3) is 0 Å². The van der Waals surface area contributed by atoms with E-state index in [0.717, 1.165) is 26.5 Å². The van der Waals surface area contributed by atoms with Gasteiger partial charge < -0.3 is 10.4 Å². The quantitative estimate of drug-likeness (QED) is 0.746. The zero-order valence-electron chi connectivity index (χ0n) is 10.7. The van der Waals surface area contributed by atoms with Gasteiger partial charge in [-0.15, -0.1) is 0 Å². The number of aliphatic hydroxyl groups excluding tert-OH is 1. The van der Waals surface area contributed by atoms with Gasteiger partial charge in [-0.2, -0.15) is 0 Å². The molecular formula is C12H27NO2. The zero-order chi connectivity index (χ0) is 12.1. The van der Waals surface area contributed by atoms with Gasteiger partial charge in [-0.1, -0.05) is 33.1 Å². The van der Waals surface area contributed by atoms with Crippen molar-refractivity contribution < 1.29 is 9.90 Å². The highest BCUT2D eigenvalue weighted by Crippen LogP contribution is 2.23. The average Bonchev–Trinajstić information content (AvgIpc) is 2.36. The molecule has 1 amide bonds. The number of hydrogen-bond acceptors (Lipinski definition) is 2. The predicted molar refractivity (Wildman–Crippen MR) is 64.7 cm³/mol. The van der Waals surface area contributed by atoms with Crippen LogP contribution in [0.2, 0.25) is 0 Å². The van der Waals surface area contributed by atoms with Crippen molar-refractivity contribution in [1.29, 1.82) is 0 Å². The Morgan fingerprint density at radius 1 is 1.20 bits per heavy atom. The number of carbonyl (C=O) groups excluding carboxylic acids is 1. The molecule has 2 N–H and O–H groups in total. The largest absolute Gasteiger partial charge is 0.400 e. The molecular weight excluding hydrogens is 190 g/mol. The summed E-state index contributed by atoms with van der Waals surface area (Å²) < 4.78 is 0. The number of nitrogens with one attached hydrogen (secondary N) is 1. The summed E-state index contributed by atoms with van der Waals surface area (Å²) in [5.41, 5.74) is 0. The van der Waals surface area contributed by atoms with E-state index in [1.807, 2.05) is 20.8 Å². The Morgan fingerprint density at radius 2 is 1.67 bits per heavy atom. The van der Waals surface area contributed by atoms with Gasteiger partial charge in [0.25, 0.3) is 0 Å². The lowest BCUT2D eigenvalue weighted by Crippen LogP contribution is -2.31. The van der Waals surface area contributed by atoms with E-state index in [-0.39, 0.29) is 5.91 Å². The molecule has 0 unspecified atom stereocenters. The van der Waals surface area contributed by atoms with Gasteiger partial charge in [-0.05, 0) is 19.8 Å². The molecule has 0 heterocycles. The van der Waals surface area contributed by atoms with E-state index in [1.54, 1.807) is 0 Å². The van der Waals surface area contributed by atoms with E-state index in [2.05, 4.69) is 5.32 Å². The van der Waals surface area contributed by atoms with Gasteiger partial charge in [-0.25, -0.2) is 0 Å². The smallest absolute Gasteiger partial charge is 0.223 e. The number of aliphatic hydroxyl groups is 1. The molecule has 0 atom stereocenters. The molecule has 1 saturated carbocycles. The molecule has 0 aromatic heterocycles. The fourth-order valence-corrected chi connectivity index (χ4v) is 1.68. The van der Waals surface area contributed by atoms with Gasteiger partial charge in [0.1, 0.15) is 0 Å². The third-order valence-corrected chi connectivity index (χ3v) is 2.33. The molecule has 1 aliphatic rings. The highest BCUT2D eigenvalue weighted by molar-refractivity contribution is 5.78. The van der Waals surface area contributed by atoms with Crippen LogP contribution < -0.4 is 5.32 Å². The Labute approximate surface area is 94.3 Å². The molecule has 3 nitrogen and oxygen atoms in total. The summed E-state index contributed by atoms with van der Waals surface area (Å²) in [6, 6.07) is 0. The van der Waals surface area contributed by atoms with E-state index in [9.17, 15) is 4.79 Å². The van der Waals surface area contributed by atoms with Gasteiger partial charge in [0.05, 0.1) is 0 Å². The van der Waals surface area contributed by atoms with Crippen LogP contribution in [0.3, 0.4) is 0 Å². The molecule has 92 valence electrons. The molecule has 0 spiro atoms. The van der Waals surface area contributed by atoms with Gasteiger partial charge >= 0.3 is 0 Å². The first-order chi connectivity index (χ1) is 7.34. The monoisotopic (exact) mass is 217 g/mol. The average molecular weight is 217 g/mol. The van der Waals surface area contributed by atoms with E-state index in [1.165, 1.54) is 19.3 Å². The normalized spacial score (nSPS) is 15.3. The Balaban J connectivity index is 0. The summed E-state index contributed by atoms with van der Waals surface area (Å²) >= 11 is 0. The second kappa shape index (κ2) is 13.4. The van der Waals surface area contributed by atoms with Gasteiger partial charge in [0.2, 0.25) is 5.91 Å². The van der Waals surface area contributed by atoms with E-state index in [0.29, 0.717) is 5.92 Å². The Bertz CT molecular complexity index is 132. The van der Waals surface area contributed by atoms with Crippen molar-refractivity contribution in [2.24, 2.45) is 5.92 Å². The second-order valence-corrected chi connectivity index (χ2v) is 3.23. The van der Waals surface area contributed by atoms with Crippen LogP contribution in [0.4, 0.5) is 0 Å². The molecule has 0 radical (unpaired) electrons. The molecule has 15 heavy (non-hydrogen) atoms. The van der Waals surface area contributed by atoms with Gasteiger partial charge in [-0.3, -0.25) is 4.79 Å². The lowest BCUT2D eigenvalue weighted by Gasteiger charge is -2.20. The van der Waals surface area contributed by atoms with Crippen LogP contribution in [-0.4, -0.2) is 24.7 Å². The highest BCUT2D eigenvalue weighted by Gasteiger charge is 2.19. The minimum absolute atomic E-state index is 0.271. The summed E-state index contributed by atoms with van der Waals surface area (Å²) in [5, 5.41) is 9.88. The standard InChI is InChI=1S/C9H17NO.C2H6.CH4O/c1-2-10-9(11)8-6-4-3-5-7-8;2*1-2/h8H,2-7H2,1H3,(H,10,11);1-2H3;2H,1H3. The lowest BCUT2D eigenvalue weighted by atomic mass is 9.89. The second-order valence-electron chi connectivity index (χ2n) is 3.23. The molecule has 0 bridgehead atoms. The van der Waals surface area contributed by atoms with Crippen LogP contribution in [0, 0.1) is 5.92 Å². The molecule has 3 heteroatoms. The maximum Gasteiger partial charge on any atom is 0.223 e. The van der Waals surface area contributed by atoms with Crippen LogP contribution in [0.1, 0.15) is 52.9 Å². The summed E-state index contributed by atoms with van der Waals surface area (Å²) in [7, 11) is 1.00. The molecule has 0 aromatic carbocycles. The molecule has 1 rings (SSSR count). The van der Waals surface area contributed by atoms with Crippen molar-refractivity contribution in [3.05, 3.63) is 0 Å². The van der Waals surface area contributed by atoms with E-state index in [4.69, 9.17) is 5.11 Å². The van der Waals surface area contributed by atoms with Crippen molar-refractivity contribution in [3.8, 4) is 0 Å². The lowest BCUT2D eigenvalue weighted by molar-refractivity contribution is -0.125. The van der Waals surface area contributed by atoms with Crippen molar-refractivity contribution in [2.75, 3.05) is 13.7 Å². The number of rotatable bonds is 2. The van der Waals surface area contributed by atoms with Gasteiger partial charge in [0, 0.05) is 19.6 Å². The molecule has 0 aromatic rings. The first-order valence-corrected chi connectivity index (χ1v) is 6.07. The SMILES string of the molecule is CC.CCNC(=O)C1CCCCC1.CO. The van der Waals surface area contributed by atoms with Crippen molar-refractivity contribution in [1.82, 2.24) is 5.32 Å². The summed E-state index contributed by atoms with van der Waals surface area (Å²) in [6.07, 6.45) is 6.00. The third-order valence-electron chi connectivity index (χ3n) is 2.33. The maximum atomic E-state index is 11.3. The number of amides is 1. The van der Waals surface area contributed by atoms with Gasteiger partial charge in [0.15, 0.2) is 0 Å². The fourth-order valence-electron chi connectivity index (χ4n) is 1.68. The van der Waals surface area contributed by atoms with Crippen LogP contribution in [0.15, 0.2) is 0 Å². The summed E-state index contributed by atoms with van der Waals surface area (Å²) in [6.45, 7) is 6.75. The fraction of sp³-hybridized carbons (Fsp3) is 0.917. The summed E-state index contributed by atoms with van der Waals surface area (Å²) in [4.78, 5) is 11.3. The summed E-state index contributed by atoms with van der Waals surface area (Å²) in [5.74, 6) is 0.593. The van der Waals surface area contributed by atoms with Crippen molar-refractivity contribution in [3.63, 3.8) is 0 Å².